The second-order valence-electron chi connectivity index (χ2n) is 6.57. The standard InChI is InChI=1S/C21H19N3OS2/c1-13(2)14-7-9-15(10-8-14)24-18(25)11-26-21-20-19(22-12-23-21)16-5-3-4-6-17(16)27-20/h3-10,12-13H,11H2,1-2H3,(H,24,25). The van der Waals surface area contributed by atoms with Crippen LogP contribution < -0.4 is 5.32 Å². The van der Waals surface area contributed by atoms with Crippen LogP contribution in [0, 0.1) is 0 Å². The van der Waals surface area contributed by atoms with Crippen LogP contribution in [0.3, 0.4) is 0 Å². The molecule has 4 nitrogen and oxygen atoms in total. The molecule has 1 N–H and O–H groups in total. The van der Waals surface area contributed by atoms with Gasteiger partial charge in [0, 0.05) is 15.8 Å². The third-order valence-corrected chi connectivity index (χ3v) is 6.61. The molecule has 1 amide bonds. The molecular weight excluding hydrogens is 374 g/mol. The predicted molar refractivity (Wildman–Crippen MR) is 115 cm³/mol. The lowest BCUT2D eigenvalue weighted by Crippen LogP contribution is -2.14. The molecule has 4 aromatic rings. The van der Waals surface area contributed by atoms with Crippen molar-refractivity contribution < 1.29 is 4.79 Å². The van der Waals surface area contributed by atoms with Crippen LogP contribution in [0.2, 0.25) is 0 Å². The molecule has 0 aliphatic heterocycles. The molecule has 27 heavy (non-hydrogen) atoms. The zero-order chi connectivity index (χ0) is 18.8. The average molecular weight is 394 g/mol. The summed E-state index contributed by atoms with van der Waals surface area (Å²) in [7, 11) is 0. The Morgan fingerprint density at radius 2 is 1.89 bits per heavy atom. The van der Waals surface area contributed by atoms with Gasteiger partial charge in [0.1, 0.15) is 11.4 Å². The fourth-order valence-electron chi connectivity index (χ4n) is 2.89. The number of aromatic nitrogens is 2. The molecule has 6 heteroatoms. The number of amides is 1. The minimum Gasteiger partial charge on any atom is -0.325 e. The number of rotatable bonds is 5. The van der Waals surface area contributed by atoms with Crippen LogP contribution in [0.1, 0.15) is 25.3 Å². The van der Waals surface area contributed by atoms with E-state index < -0.39 is 0 Å². The lowest BCUT2D eigenvalue weighted by Gasteiger charge is -2.08. The molecule has 0 saturated carbocycles. The molecule has 0 aliphatic rings. The van der Waals surface area contributed by atoms with Gasteiger partial charge in [-0.1, -0.05) is 55.9 Å². The van der Waals surface area contributed by atoms with Crippen LogP contribution >= 0.6 is 23.1 Å². The summed E-state index contributed by atoms with van der Waals surface area (Å²) in [6, 6.07) is 16.2. The van der Waals surface area contributed by atoms with Gasteiger partial charge in [0.15, 0.2) is 0 Å². The Morgan fingerprint density at radius 3 is 2.67 bits per heavy atom. The number of nitrogens with one attached hydrogen (secondary N) is 1. The summed E-state index contributed by atoms with van der Waals surface area (Å²) in [5.41, 5.74) is 3.04. The number of benzene rings is 2. The summed E-state index contributed by atoms with van der Waals surface area (Å²) in [6.45, 7) is 4.31. The minimum absolute atomic E-state index is 0.0369. The molecule has 0 saturated heterocycles. The van der Waals surface area contributed by atoms with Gasteiger partial charge in [-0.2, -0.15) is 0 Å². The molecule has 2 aromatic heterocycles. The number of thiophene rings is 1. The molecule has 0 aliphatic carbocycles. The first-order valence-corrected chi connectivity index (χ1v) is 10.6. The molecular formula is C21H19N3OS2. The smallest absolute Gasteiger partial charge is 0.234 e. The highest BCUT2D eigenvalue weighted by atomic mass is 32.2. The molecule has 0 atom stereocenters. The lowest BCUT2D eigenvalue weighted by atomic mass is 10.0. The maximum atomic E-state index is 12.3. The van der Waals surface area contributed by atoms with Crippen molar-refractivity contribution >= 4 is 55.0 Å². The number of thioether (sulfide) groups is 1. The topological polar surface area (TPSA) is 54.9 Å². The van der Waals surface area contributed by atoms with E-state index in [0.717, 1.165) is 26.3 Å². The largest absolute Gasteiger partial charge is 0.325 e. The third-order valence-electron chi connectivity index (χ3n) is 4.33. The Morgan fingerprint density at radius 1 is 1.11 bits per heavy atom. The quantitative estimate of drug-likeness (QED) is 0.349. The molecule has 0 unspecified atom stereocenters. The molecule has 0 fully saturated rings. The first kappa shape index (κ1) is 17.9. The van der Waals surface area contributed by atoms with Crippen molar-refractivity contribution in [3.63, 3.8) is 0 Å². The van der Waals surface area contributed by atoms with Crippen LogP contribution in [-0.4, -0.2) is 21.6 Å². The summed E-state index contributed by atoms with van der Waals surface area (Å²) in [5.74, 6) is 0.753. The number of anilines is 1. The maximum Gasteiger partial charge on any atom is 0.234 e. The van der Waals surface area contributed by atoms with Gasteiger partial charge >= 0.3 is 0 Å². The fraction of sp³-hybridized carbons (Fsp3) is 0.190. The van der Waals surface area contributed by atoms with Crippen LogP contribution in [0.4, 0.5) is 5.69 Å². The highest BCUT2D eigenvalue weighted by molar-refractivity contribution is 8.00. The minimum atomic E-state index is -0.0369. The van der Waals surface area contributed by atoms with Crippen molar-refractivity contribution in [3.05, 3.63) is 60.4 Å². The average Bonchev–Trinajstić information content (AvgIpc) is 3.06. The monoisotopic (exact) mass is 393 g/mol. The summed E-state index contributed by atoms with van der Waals surface area (Å²) >= 11 is 3.12. The van der Waals surface area contributed by atoms with E-state index >= 15 is 0 Å². The van der Waals surface area contributed by atoms with Gasteiger partial charge in [-0.05, 0) is 29.7 Å². The second kappa shape index (κ2) is 7.66. The van der Waals surface area contributed by atoms with E-state index in [2.05, 4.69) is 53.4 Å². The molecule has 4 rings (SSSR count). The third kappa shape index (κ3) is 3.82. The van der Waals surface area contributed by atoms with Crippen molar-refractivity contribution in [1.82, 2.24) is 9.97 Å². The Balaban J connectivity index is 1.47. The van der Waals surface area contributed by atoms with Crippen molar-refractivity contribution in [2.75, 3.05) is 11.1 Å². The van der Waals surface area contributed by atoms with E-state index in [-0.39, 0.29) is 5.91 Å². The van der Waals surface area contributed by atoms with E-state index in [0.29, 0.717) is 11.7 Å². The van der Waals surface area contributed by atoms with E-state index in [1.165, 1.54) is 22.0 Å². The predicted octanol–water partition coefficient (Wildman–Crippen LogP) is 5.70. The van der Waals surface area contributed by atoms with Gasteiger partial charge in [-0.15, -0.1) is 11.3 Å². The fourth-order valence-corrected chi connectivity index (χ4v) is 4.92. The Labute approximate surface area is 166 Å². The Hall–Kier alpha value is -2.44. The van der Waals surface area contributed by atoms with E-state index in [1.54, 1.807) is 17.7 Å². The Bertz CT molecular complexity index is 1100. The summed E-state index contributed by atoms with van der Waals surface area (Å²) < 4.78 is 2.22. The Kier molecular flexibility index (Phi) is 5.09. The van der Waals surface area contributed by atoms with E-state index in [1.807, 2.05) is 24.3 Å². The van der Waals surface area contributed by atoms with Gasteiger partial charge in [-0.3, -0.25) is 4.79 Å². The van der Waals surface area contributed by atoms with Crippen molar-refractivity contribution in [3.8, 4) is 0 Å². The highest BCUT2D eigenvalue weighted by Crippen LogP contribution is 2.36. The first-order valence-electron chi connectivity index (χ1n) is 8.76. The zero-order valence-corrected chi connectivity index (χ0v) is 16.7. The highest BCUT2D eigenvalue weighted by Gasteiger charge is 2.13. The van der Waals surface area contributed by atoms with Gasteiger partial charge in [-0.25, -0.2) is 9.97 Å². The lowest BCUT2D eigenvalue weighted by molar-refractivity contribution is -0.113. The summed E-state index contributed by atoms with van der Waals surface area (Å²) in [5, 5.41) is 4.94. The van der Waals surface area contributed by atoms with Crippen LogP contribution in [0.5, 0.6) is 0 Å². The molecule has 2 aromatic carbocycles. The number of hydrogen-bond acceptors (Lipinski definition) is 5. The zero-order valence-electron chi connectivity index (χ0n) is 15.1. The van der Waals surface area contributed by atoms with Crippen molar-refractivity contribution in [1.29, 1.82) is 0 Å². The van der Waals surface area contributed by atoms with Gasteiger partial charge in [0.2, 0.25) is 5.91 Å². The second-order valence-corrected chi connectivity index (χ2v) is 8.58. The van der Waals surface area contributed by atoms with Gasteiger partial charge in [0.25, 0.3) is 0 Å². The number of nitrogens with zero attached hydrogens (tertiary/aromatic N) is 2. The summed E-state index contributed by atoms with van der Waals surface area (Å²) in [6.07, 6.45) is 1.58. The van der Waals surface area contributed by atoms with Crippen LogP contribution in [0.15, 0.2) is 59.9 Å². The van der Waals surface area contributed by atoms with Crippen LogP contribution in [0.25, 0.3) is 20.3 Å². The van der Waals surface area contributed by atoms with Gasteiger partial charge < -0.3 is 5.32 Å². The van der Waals surface area contributed by atoms with E-state index in [9.17, 15) is 4.79 Å². The molecule has 0 bridgehead atoms. The molecule has 0 radical (unpaired) electrons. The van der Waals surface area contributed by atoms with Crippen molar-refractivity contribution in [2.24, 2.45) is 0 Å². The molecule has 0 spiro atoms. The molecule has 2 heterocycles. The maximum absolute atomic E-state index is 12.3. The first-order chi connectivity index (χ1) is 13.1. The number of fused-ring (bicyclic) bond motifs is 3. The van der Waals surface area contributed by atoms with Gasteiger partial charge in [0.05, 0.1) is 16.0 Å². The SMILES string of the molecule is CC(C)c1ccc(NC(=O)CSc2ncnc3c2sc2ccccc23)cc1. The normalized spacial score (nSPS) is 11.4. The number of hydrogen-bond donors (Lipinski definition) is 1. The number of carbonyl (C=O) groups is 1. The van der Waals surface area contributed by atoms with E-state index in [4.69, 9.17) is 0 Å². The summed E-state index contributed by atoms with van der Waals surface area (Å²) in [4.78, 5) is 21.2. The number of carbonyl (C=O) groups excluding carboxylic acids is 1. The van der Waals surface area contributed by atoms with Crippen LogP contribution in [-0.2, 0) is 4.79 Å². The van der Waals surface area contributed by atoms with Crippen molar-refractivity contribution in [2.45, 2.75) is 24.8 Å². The molecule has 136 valence electrons.